The van der Waals surface area contributed by atoms with Crippen molar-refractivity contribution in [1.82, 2.24) is 20.3 Å². The molecule has 0 aliphatic rings. The van der Waals surface area contributed by atoms with E-state index >= 15 is 0 Å². The fourth-order valence-corrected chi connectivity index (χ4v) is 2.23. The molecule has 0 spiro atoms. The van der Waals surface area contributed by atoms with Gasteiger partial charge in [-0.25, -0.2) is 15.0 Å². The smallest absolute Gasteiger partial charge is 0.271 e. The number of anilines is 2. The van der Waals surface area contributed by atoms with Crippen molar-refractivity contribution < 1.29 is 4.79 Å². The maximum atomic E-state index is 12.0. The monoisotopic (exact) mass is 313 g/mol. The molecule has 0 unspecified atom stereocenters. The lowest BCUT2D eigenvalue weighted by atomic mass is 10.2. The summed E-state index contributed by atoms with van der Waals surface area (Å²) >= 11 is 1.33. The third-order valence-electron chi connectivity index (χ3n) is 2.60. The Kier molecular flexibility index (Phi) is 5.56. The van der Waals surface area contributed by atoms with E-state index in [1.54, 1.807) is 35.9 Å². The number of hydrogen-bond donors (Lipinski definition) is 2. The molecular formula is C15H15N5OS. The van der Waals surface area contributed by atoms with E-state index in [9.17, 15) is 4.79 Å². The van der Waals surface area contributed by atoms with E-state index in [4.69, 9.17) is 0 Å². The van der Waals surface area contributed by atoms with Gasteiger partial charge in [0, 0.05) is 18.1 Å². The minimum Gasteiger partial charge on any atom is -0.347 e. The molecule has 0 aliphatic heterocycles. The van der Waals surface area contributed by atoms with Crippen LogP contribution < -0.4 is 10.6 Å². The standard InChI is InChI=1S/C15H15N5OS/c1-3-5-11(4-2)8-17-14(21)12-9-22-15(19-12)20-13-6-7-16-10-18-13/h3-7,9-10H,1-2,8H2,(H,17,21)(H,16,18,19,20)/b11-5+. The Morgan fingerprint density at radius 3 is 2.95 bits per heavy atom. The predicted octanol–water partition coefficient (Wildman–Crippen LogP) is 2.70. The number of aromatic nitrogens is 3. The first-order chi connectivity index (χ1) is 10.7. The van der Waals surface area contributed by atoms with Gasteiger partial charge in [0.2, 0.25) is 0 Å². The first-order valence-corrected chi connectivity index (χ1v) is 7.31. The summed E-state index contributed by atoms with van der Waals surface area (Å²) in [6.45, 7) is 7.66. The summed E-state index contributed by atoms with van der Waals surface area (Å²) in [5.41, 5.74) is 1.22. The molecule has 2 N–H and O–H groups in total. The fraction of sp³-hybridized carbons (Fsp3) is 0.0667. The van der Waals surface area contributed by atoms with E-state index in [1.807, 2.05) is 0 Å². The largest absolute Gasteiger partial charge is 0.347 e. The Morgan fingerprint density at radius 2 is 2.27 bits per heavy atom. The molecule has 0 fully saturated rings. The van der Waals surface area contributed by atoms with Crippen molar-refractivity contribution in [3.8, 4) is 0 Å². The van der Waals surface area contributed by atoms with Crippen LogP contribution in [0.5, 0.6) is 0 Å². The lowest BCUT2D eigenvalue weighted by Crippen LogP contribution is -2.25. The van der Waals surface area contributed by atoms with Crippen molar-refractivity contribution in [3.63, 3.8) is 0 Å². The number of nitrogens with one attached hydrogen (secondary N) is 2. The zero-order valence-corrected chi connectivity index (χ0v) is 12.6. The second-order valence-electron chi connectivity index (χ2n) is 4.12. The maximum Gasteiger partial charge on any atom is 0.271 e. The van der Waals surface area contributed by atoms with Crippen LogP contribution in [0.2, 0.25) is 0 Å². The second-order valence-corrected chi connectivity index (χ2v) is 4.98. The first kappa shape index (κ1) is 15.6. The van der Waals surface area contributed by atoms with Gasteiger partial charge in [0.15, 0.2) is 5.13 Å². The van der Waals surface area contributed by atoms with E-state index in [0.717, 1.165) is 5.57 Å². The highest BCUT2D eigenvalue weighted by Crippen LogP contribution is 2.19. The summed E-state index contributed by atoms with van der Waals surface area (Å²) in [4.78, 5) is 24.1. The van der Waals surface area contributed by atoms with E-state index in [-0.39, 0.29) is 5.91 Å². The van der Waals surface area contributed by atoms with Gasteiger partial charge in [0.25, 0.3) is 5.91 Å². The van der Waals surface area contributed by atoms with Crippen molar-refractivity contribution >= 4 is 28.2 Å². The molecule has 2 aromatic heterocycles. The molecule has 112 valence electrons. The fourth-order valence-electron chi connectivity index (χ4n) is 1.53. The van der Waals surface area contributed by atoms with Gasteiger partial charge in [0.1, 0.15) is 17.8 Å². The van der Waals surface area contributed by atoms with Gasteiger partial charge in [-0.2, -0.15) is 0 Å². The zero-order valence-electron chi connectivity index (χ0n) is 11.8. The average Bonchev–Trinajstić information content (AvgIpc) is 3.00. The summed E-state index contributed by atoms with van der Waals surface area (Å²) in [5.74, 6) is 0.378. The van der Waals surface area contributed by atoms with Crippen molar-refractivity contribution in [2.45, 2.75) is 0 Å². The van der Waals surface area contributed by atoms with Crippen LogP contribution in [0, 0.1) is 0 Å². The van der Waals surface area contributed by atoms with E-state index in [2.05, 4.69) is 38.7 Å². The predicted molar refractivity (Wildman–Crippen MR) is 88.2 cm³/mol. The number of thiazole rings is 1. The van der Waals surface area contributed by atoms with E-state index in [0.29, 0.717) is 23.2 Å². The molecule has 2 aromatic rings. The van der Waals surface area contributed by atoms with Crippen LogP contribution >= 0.6 is 11.3 Å². The third-order valence-corrected chi connectivity index (χ3v) is 3.36. The highest BCUT2D eigenvalue weighted by Gasteiger charge is 2.10. The molecule has 0 radical (unpaired) electrons. The zero-order chi connectivity index (χ0) is 15.8. The molecule has 22 heavy (non-hydrogen) atoms. The number of carbonyl (C=O) groups excluding carboxylic acids is 1. The lowest BCUT2D eigenvalue weighted by molar-refractivity contribution is 0.0953. The summed E-state index contributed by atoms with van der Waals surface area (Å²) in [7, 11) is 0. The Balaban J connectivity index is 1.96. The molecule has 0 saturated heterocycles. The molecular weight excluding hydrogens is 298 g/mol. The Bertz CT molecular complexity index is 693. The van der Waals surface area contributed by atoms with Crippen LogP contribution in [0.1, 0.15) is 10.5 Å². The average molecular weight is 313 g/mol. The molecule has 0 saturated carbocycles. The lowest BCUT2D eigenvalue weighted by Gasteiger charge is -2.03. The molecule has 0 bridgehead atoms. The van der Waals surface area contributed by atoms with Gasteiger partial charge in [-0.1, -0.05) is 31.4 Å². The molecule has 2 heterocycles. The second kappa shape index (κ2) is 7.84. The highest BCUT2D eigenvalue weighted by atomic mass is 32.1. The molecule has 0 aromatic carbocycles. The number of allylic oxidation sites excluding steroid dienone is 2. The van der Waals surface area contributed by atoms with E-state index < -0.39 is 0 Å². The van der Waals surface area contributed by atoms with Crippen LogP contribution in [0.25, 0.3) is 0 Å². The van der Waals surface area contributed by atoms with Crippen LogP contribution in [0.4, 0.5) is 10.9 Å². The summed E-state index contributed by atoms with van der Waals surface area (Å²) < 4.78 is 0. The van der Waals surface area contributed by atoms with Crippen LogP contribution in [-0.4, -0.2) is 27.4 Å². The van der Waals surface area contributed by atoms with Crippen molar-refractivity contribution in [3.05, 3.63) is 66.6 Å². The summed E-state index contributed by atoms with van der Waals surface area (Å²) in [6, 6.07) is 1.72. The SMILES string of the molecule is C=C/C=C(\C=C)CNC(=O)c1csc(Nc2ccncn2)n1. The van der Waals surface area contributed by atoms with E-state index in [1.165, 1.54) is 17.7 Å². The Labute approximate surface area is 132 Å². The van der Waals surface area contributed by atoms with Gasteiger partial charge < -0.3 is 10.6 Å². The number of rotatable bonds is 7. The number of carbonyl (C=O) groups is 1. The number of hydrogen-bond acceptors (Lipinski definition) is 6. The maximum absolute atomic E-state index is 12.0. The van der Waals surface area contributed by atoms with Crippen LogP contribution in [0.15, 0.2) is 60.9 Å². The first-order valence-electron chi connectivity index (χ1n) is 6.43. The molecule has 7 heteroatoms. The molecule has 0 aliphatic carbocycles. The van der Waals surface area contributed by atoms with Gasteiger partial charge in [-0.15, -0.1) is 11.3 Å². The van der Waals surface area contributed by atoms with Gasteiger partial charge in [-0.05, 0) is 11.6 Å². The number of nitrogens with zero attached hydrogens (tertiary/aromatic N) is 3. The third kappa shape index (κ3) is 4.35. The van der Waals surface area contributed by atoms with Gasteiger partial charge in [-0.3, -0.25) is 4.79 Å². The molecule has 1 amide bonds. The van der Waals surface area contributed by atoms with Gasteiger partial charge >= 0.3 is 0 Å². The molecule has 2 rings (SSSR count). The molecule has 0 atom stereocenters. The quantitative estimate of drug-likeness (QED) is 0.768. The number of amides is 1. The summed E-state index contributed by atoms with van der Waals surface area (Å²) in [6.07, 6.45) is 8.17. The summed E-state index contributed by atoms with van der Waals surface area (Å²) in [5, 5.41) is 8.06. The Hall–Kier alpha value is -2.80. The topological polar surface area (TPSA) is 79.8 Å². The molecule has 6 nitrogen and oxygen atoms in total. The van der Waals surface area contributed by atoms with Crippen LogP contribution in [0.3, 0.4) is 0 Å². The van der Waals surface area contributed by atoms with Crippen molar-refractivity contribution in [2.75, 3.05) is 11.9 Å². The highest BCUT2D eigenvalue weighted by molar-refractivity contribution is 7.14. The Morgan fingerprint density at radius 1 is 1.41 bits per heavy atom. The van der Waals surface area contributed by atoms with Gasteiger partial charge in [0.05, 0.1) is 0 Å². The van der Waals surface area contributed by atoms with Crippen LogP contribution in [-0.2, 0) is 0 Å². The minimum atomic E-state index is -0.246. The minimum absolute atomic E-state index is 0.246. The van der Waals surface area contributed by atoms with Crippen molar-refractivity contribution in [2.24, 2.45) is 0 Å². The van der Waals surface area contributed by atoms with Crippen molar-refractivity contribution in [1.29, 1.82) is 0 Å². The normalized spacial score (nSPS) is 10.8.